The predicted molar refractivity (Wildman–Crippen MR) is 96.0 cm³/mol. The van der Waals surface area contributed by atoms with Crippen molar-refractivity contribution in [3.63, 3.8) is 0 Å². The van der Waals surface area contributed by atoms with Gasteiger partial charge in [-0.15, -0.1) is 0 Å². The van der Waals surface area contributed by atoms with Crippen molar-refractivity contribution in [2.45, 2.75) is 50.2 Å². The average molecular weight is 372 g/mol. The largest absolute Gasteiger partial charge is 0.451 e. The molecule has 1 aromatic rings. The first-order valence-corrected chi connectivity index (χ1v) is 10.2. The van der Waals surface area contributed by atoms with Gasteiger partial charge in [0.15, 0.2) is 0 Å². The van der Waals surface area contributed by atoms with Crippen LogP contribution in [0, 0.1) is 0 Å². The van der Waals surface area contributed by atoms with Crippen LogP contribution in [0.25, 0.3) is 0 Å². The fourth-order valence-electron chi connectivity index (χ4n) is 3.09. The van der Waals surface area contributed by atoms with Crippen LogP contribution in [0.4, 0.5) is 0 Å². The van der Waals surface area contributed by atoms with Gasteiger partial charge < -0.3 is 14.2 Å². The zero-order valence-electron chi connectivity index (χ0n) is 15.5. The van der Waals surface area contributed by atoms with Crippen molar-refractivity contribution in [2.75, 3.05) is 33.7 Å². The highest BCUT2D eigenvalue weighted by Crippen LogP contribution is 2.22. The fourth-order valence-corrected chi connectivity index (χ4v) is 3.74. The second-order valence-corrected chi connectivity index (χ2v) is 9.05. The normalized spacial score (nSPS) is 17.3. The van der Waals surface area contributed by atoms with E-state index in [1.165, 1.54) is 45.1 Å². The molecule has 142 valence electrons. The number of likely N-dealkylation sites (N-methyl/N-ethyl adjacent to an activating group) is 1. The number of rotatable bonds is 6. The van der Waals surface area contributed by atoms with Gasteiger partial charge in [0.2, 0.25) is 5.09 Å². The molecule has 0 radical (unpaired) electrons. The van der Waals surface area contributed by atoms with E-state index in [1.54, 1.807) is 11.9 Å². The van der Waals surface area contributed by atoms with Crippen LogP contribution in [0.3, 0.4) is 0 Å². The van der Waals surface area contributed by atoms with Crippen molar-refractivity contribution in [3.8, 4) is 0 Å². The molecule has 1 fully saturated rings. The van der Waals surface area contributed by atoms with Crippen LogP contribution in [0.2, 0.25) is 0 Å². The van der Waals surface area contributed by atoms with Gasteiger partial charge in [0, 0.05) is 25.2 Å². The van der Waals surface area contributed by atoms with E-state index in [0.29, 0.717) is 0 Å². The van der Waals surface area contributed by atoms with E-state index in [0.717, 1.165) is 19.6 Å². The Morgan fingerprint density at radius 1 is 1.28 bits per heavy atom. The van der Waals surface area contributed by atoms with E-state index in [4.69, 9.17) is 4.42 Å². The van der Waals surface area contributed by atoms with Gasteiger partial charge in [-0.2, -0.15) is 0 Å². The number of carbonyl (C=O) groups excluding carboxylic acids is 1. The molecule has 1 amide bonds. The first-order valence-electron chi connectivity index (χ1n) is 8.70. The number of nitrogens with one attached hydrogen (secondary N) is 1. The maximum atomic E-state index is 12.8. The summed E-state index contributed by atoms with van der Waals surface area (Å²) in [4.78, 5) is 16.8. The monoisotopic (exact) mass is 371 g/mol. The molecule has 0 spiro atoms. The van der Waals surface area contributed by atoms with Crippen LogP contribution < -0.4 is 4.72 Å². The van der Waals surface area contributed by atoms with Crippen molar-refractivity contribution in [2.24, 2.45) is 0 Å². The van der Waals surface area contributed by atoms with E-state index in [-0.39, 0.29) is 22.1 Å². The number of hydrogen-bond donors (Lipinski definition) is 1. The minimum atomic E-state index is -3.69. The molecule has 8 heteroatoms. The van der Waals surface area contributed by atoms with Gasteiger partial charge in [0.05, 0.1) is 5.56 Å². The molecular weight excluding hydrogens is 342 g/mol. The number of furan rings is 1. The lowest BCUT2D eigenvalue weighted by molar-refractivity contribution is 0.0535. The maximum Gasteiger partial charge on any atom is 0.273 e. The average Bonchev–Trinajstić information content (AvgIpc) is 2.94. The Balaban J connectivity index is 2.09. The number of amides is 1. The van der Waals surface area contributed by atoms with Gasteiger partial charge >= 0.3 is 0 Å². The molecule has 0 bridgehead atoms. The number of carbonyl (C=O) groups is 1. The molecule has 1 aliphatic heterocycles. The van der Waals surface area contributed by atoms with E-state index in [2.05, 4.69) is 9.62 Å². The highest BCUT2D eigenvalue weighted by atomic mass is 32.2. The lowest BCUT2D eigenvalue weighted by atomic mass is 10.0. The summed E-state index contributed by atoms with van der Waals surface area (Å²) in [6, 6.07) is 1.27. The van der Waals surface area contributed by atoms with E-state index in [9.17, 15) is 13.2 Å². The quantitative estimate of drug-likeness (QED) is 0.826. The zero-order chi connectivity index (χ0) is 18.7. The Morgan fingerprint density at radius 3 is 2.44 bits per heavy atom. The third-order valence-corrected chi connectivity index (χ3v) is 6.16. The summed E-state index contributed by atoms with van der Waals surface area (Å²) in [6.07, 6.45) is 6.12. The second kappa shape index (κ2) is 7.88. The molecule has 1 aliphatic rings. The number of sulfonamides is 1. The molecule has 0 aromatic carbocycles. The lowest BCUT2D eigenvalue weighted by Gasteiger charge is -2.39. The molecule has 1 saturated heterocycles. The number of hydrogen-bond acceptors (Lipinski definition) is 5. The third-order valence-electron chi connectivity index (χ3n) is 4.88. The van der Waals surface area contributed by atoms with Crippen molar-refractivity contribution in [1.29, 1.82) is 0 Å². The van der Waals surface area contributed by atoms with Crippen LogP contribution in [0.1, 0.15) is 49.9 Å². The van der Waals surface area contributed by atoms with Crippen LogP contribution in [-0.2, 0) is 10.0 Å². The highest BCUT2D eigenvalue weighted by Gasteiger charge is 2.32. The zero-order valence-corrected chi connectivity index (χ0v) is 16.4. The third kappa shape index (κ3) is 4.83. The summed E-state index contributed by atoms with van der Waals surface area (Å²) in [6.45, 7) is 6.96. The van der Waals surface area contributed by atoms with Crippen LogP contribution in [-0.4, -0.2) is 63.4 Å². The van der Waals surface area contributed by atoms with Crippen LogP contribution in [0.15, 0.2) is 21.8 Å². The molecule has 2 rings (SSSR count). The van der Waals surface area contributed by atoms with Gasteiger partial charge in [-0.05, 0) is 46.8 Å². The second-order valence-electron chi connectivity index (χ2n) is 7.23. The van der Waals surface area contributed by atoms with Crippen molar-refractivity contribution >= 4 is 15.9 Å². The first kappa shape index (κ1) is 19.9. The van der Waals surface area contributed by atoms with Gasteiger partial charge in [-0.25, -0.2) is 13.1 Å². The van der Waals surface area contributed by atoms with Gasteiger partial charge in [0.25, 0.3) is 15.9 Å². The summed E-state index contributed by atoms with van der Waals surface area (Å²) in [5.74, 6) is -0.249. The smallest absolute Gasteiger partial charge is 0.273 e. The molecule has 0 atom stereocenters. The molecule has 25 heavy (non-hydrogen) atoms. The predicted octanol–water partition coefficient (Wildman–Crippen LogP) is 1.91. The molecule has 0 saturated carbocycles. The Kier molecular flexibility index (Phi) is 6.29. The molecular formula is C17H29N3O4S. The summed E-state index contributed by atoms with van der Waals surface area (Å²) in [5, 5.41) is -0.253. The Labute approximate surface area is 150 Å². The van der Waals surface area contributed by atoms with Gasteiger partial charge in [-0.1, -0.05) is 12.8 Å². The van der Waals surface area contributed by atoms with Crippen LogP contribution >= 0.6 is 0 Å². The standard InChI is InChI=1S/C17H29N3O4S/c1-17(2,13-20-9-7-5-6-8-10-20)19(4)16(21)14-11-15(24-12-14)25(22,23)18-3/h11-12,18H,5-10,13H2,1-4H3. The summed E-state index contributed by atoms with van der Waals surface area (Å²) in [7, 11) is -0.644. The molecule has 7 nitrogen and oxygen atoms in total. The minimum Gasteiger partial charge on any atom is -0.451 e. The molecule has 1 N–H and O–H groups in total. The number of nitrogens with zero attached hydrogens (tertiary/aromatic N) is 2. The molecule has 0 unspecified atom stereocenters. The van der Waals surface area contributed by atoms with Gasteiger partial charge in [0.1, 0.15) is 6.26 Å². The molecule has 0 aliphatic carbocycles. The van der Waals surface area contributed by atoms with E-state index >= 15 is 0 Å². The van der Waals surface area contributed by atoms with Crippen molar-refractivity contribution in [3.05, 3.63) is 17.9 Å². The van der Waals surface area contributed by atoms with E-state index < -0.39 is 10.0 Å². The first-order chi connectivity index (χ1) is 11.7. The molecule has 2 heterocycles. The number of likely N-dealkylation sites (tertiary alicyclic amines) is 1. The molecule has 1 aromatic heterocycles. The maximum absolute atomic E-state index is 12.8. The topological polar surface area (TPSA) is 82.9 Å². The van der Waals surface area contributed by atoms with Crippen LogP contribution in [0.5, 0.6) is 0 Å². The Bertz CT molecular complexity index is 689. The van der Waals surface area contributed by atoms with Gasteiger partial charge in [-0.3, -0.25) is 4.79 Å². The summed E-state index contributed by atoms with van der Waals surface area (Å²) < 4.78 is 30.8. The summed E-state index contributed by atoms with van der Waals surface area (Å²) in [5.41, 5.74) is -0.138. The highest BCUT2D eigenvalue weighted by molar-refractivity contribution is 7.89. The SMILES string of the molecule is CNS(=O)(=O)c1cc(C(=O)N(C)C(C)(C)CN2CCCCCC2)co1. The Hall–Kier alpha value is -1.38. The van der Waals surface area contributed by atoms with Crippen molar-refractivity contribution < 1.29 is 17.6 Å². The summed E-state index contributed by atoms with van der Waals surface area (Å²) >= 11 is 0. The Morgan fingerprint density at radius 2 is 1.88 bits per heavy atom. The fraction of sp³-hybridized carbons (Fsp3) is 0.706. The van der Waals surface area contributed by atoms with Crippen molar-refractivity contribution in [1.82, 2.24) is 14.5 Å². The van der Waals surface area contributed by atoms with E-state index in [1.807, 2.05) is 13.8 Å². The minimum absolute atomic E-state index is 0.236. The lowest BCUT2D eigenvalue weighted by Crippen LogP contribution is -2.52.